The van der Waals surface area contributed by atoms with Crippen LogP contribution < -0.4 is 16.4 Å². The molecule has 2 amide bonds. The molecular weight excluding hydrogens is 302 g/mol. The highest BCUT2D eigenvalue weighted by Gasteiger charge is 2.15. The van der Waals surface area contributed by atoms with Gasteiger partial charge in [0.05, 0.1) is 10.7 Å². The van der Waals surface area contributed by atoms with Crippen LogP contribution in [0.25, 0.3) is 0 Å². The zero-order valence-corrected chi connectivity index (χ0v) is 12.8. The van der Waals surface area contributed by atoms with Gasteiger partial charge in [-0.05, 0) is 36.2 Å². The smallest absolute Gasteiger partial charge is 0.314 e. The third kappa shape index (κ3) is 3.77. The molecule has 0 radical (unpaired) electrons. The van der Waals surface area contributed by atoms with Crippen molar-refractivity contribution in [1.29, 1.82) is 0 Å². The molecule has 6 heteroatoms. The third-order valence-corrected chi connectivity index (χ3v) is 3.44. The second-order valence-electron chi connectivity index (χ2n) is 4.66. The lowest BCUT2D eigenvalue weighted by atomic mass is 10.1. The summed E-state index contributed by atoms with van der Waals surface area (Å²) >= 11 is 5.87. The number of carbonyl (C=O) groups excluding carboxylic acids is 2. The topological polar surface area (TPSA) is 84.2 Å². The molecule has 0 aliphatic heterocycles. The summed E-state index contributed by atoms with van der Waals surface area (Å²) in [6.45, 7) is 1.97. The van der Waals surface area contributed by atoms with Gasteiger partial charge in [-0.25, -0.2) is 0 Å². The summed E-state index contributed by atoms with van der Waals surface area (Å²) in [5.74, 6) is -1.51. The first kappa shape index (κ1) is 15.9. The van der Waals surface area contributed by atoms with Crippen molar-refractivity contribution < 1.29 is 9.59 Å². The fraction of sp³-hybridized carbons (Fsp3) is 0.125. The first-order valence-electron chi connectivity index (χ1n) is 6.76. The zero-order chi connectivity index (χ0) is 16.1. The Morgan fingerprint density at radius 1 is 1.09 bits per heavy atom. The van der Waals surface area contributed by atoms with Crippen LogP contribution in [0.2, 0.25) is 5.02 Å². The number of amides is 2. The quantitative estimate of drug-likeness (QED) is 0.601. The highest BCUT2D eigenvalue weighted by molar-refractivity contribution is 6.44. The van der Waals surface area contributed by atoms with E-state index in [1.807, 2.05) is 19.1 Å². The molecule has 0 saturated carbocycles. The van der Waals surface area contributed by atoms with E-state index in [0.717, 1.165) is 12.0 Å². The number of rotatable bonds is 3. The summed E-state index contributed by atoms with van der Waals surface area (Å²) in [6.07, 6.45) is 0.756. The summed E-state index contributed by atoms with van der Waals surface area (Å²) in [7, 11) is 0. The molecule has 0 heterocycles. The second kappa shape index (κ2) is 6.95. The number of benzene rings is 2. The standard InChI is InChI=1S/C16H16ClN3O2/c1-2-10-5-3-4-6-14(10)20-16(22)15(21)19-11-7-8-13(18)12(17)9-11/h3-9H,2,18H2,1H3,(H,19,21)(H,20,22). The minimum absolute atomic E-state index is 0.314. The molecule has 0 saturated heterocycles. The van der Waals surface area contributed by atoms with Crippen molar-refractivity contribution in [2.75, 3.05) is 16.4 Å². The van der Waals surface area contributed by atoms with Crippen molar-refractivity contribution in [3.8, 4) is 0 Å². The number of nitrogen functional groups attached to an aromatic ring is 1. The van der Waals surface area contributed by atoms with Crippen LogP contribution in [0.15, 0.2) is 42.5 Å². The van der Waals surface area contributed by atoms with E-state index in [2.05, 4.69) is 10.6 Å². The average Bonchev–Trinajstić information content (AvgIpc) is 2.51. The molecule has 114 valence electrons. The molecule has 0 aliphatic rings. The molecule has 0 atom stereocenters. The second-order valence-corrected chi connectivity index (χ2v) is 5.06. The van der Waals surface area contributed by atoms with Gasteiger partial charge in [-0.2, -0.15) is 0 Å². The van der Waals surface area contributed by atoms with E-state index in [1.165, 1.54) is 6.07 Å². The predicted molar refractivity (Wildman–Crippen MR) is 88.9 cm³/mol. The number of halogens is 1. The lowest BCUT2D eigenvalue weighted by Gasteiger charge is -2.10. The first-order chi connectivity index (χ1) is 10.5. The van der Waals surface area contributed by atoms with E-state index in [0.29, 0.717) is 22.1 Å². The summed E-state index contributed by atoms with van der Waals surface area (Å²) in [6, 6.07) is 11.9. The largest absolute Gasteiger partial charge is 0.398 e. The Bertz CT molecular complexity index is 716. The maximum Gasteiger partial charge on any atom is 0.314 e. The van der Waals surface area contributed by atoms with Crippen molar-refractivity contribution in [2.24, 2.45) is 0 Å². The number of hydrogen-bond donors (Lipinski definition) is 3. The summed E-state index contributed by atoms with van der Waals surface area (Å²) in [5.41, 5.74) is 7.98. The monoisotopic (exact) mass is 317 g/mol. The first-order valence-corrected chi connectivity index (χ1v) is 7.14. The molecular formula is C16H16ClN3O2. The Morgan fingerprint density at radius 3 is 2.45 bits per heavy atom. The lowest BCUT2D eigenvalue weighted by molar-refractivity contribution is -0.133. The highest BCUT2D eigenvalue weighted by Crippen LogP contribution is 2.22. The summed E-state index contributed by atoms with van der Waals surface area (Å²) in [5, 5.41) is 5.39. The van der Waals surface area contributed by atoms with Crippen LogP contribution in [-0.4, -0.2) is 11.8 Å². The fourth-order valence-electron chi connectivity index (χ4n) is 1.92. The Balaban J connectivity index is 2.06. The van der Waals surface area contributed by atoms with E-state index < -0.39 is 11.8 Å². The lowest BCUT2D eigenvalue weighted by Crippen LogP contribution is -2.29. The molecule has 2 aromatic carbocycles. The van der Waals surface area contributed by atoms with E-state index in [9.17, 15) is 9.59 Å². The number of nitrogens with one attached hydrogen (secondary N) is 2. The Labute approximate surface area is 133 Å². The van der Waals surface area contributed by atoms with Crippen molar-refractivity contribution >= 4 is 40.5 Å². The third-order valence-electron chi connectivity index (χ3n) is 3.11. The van der Waals surface area contributed by atoms with Gasteiger partial charge in [0.1, 0.15) is 0 Å². The molecule has 0 unspecified atom stereocenters. The van der Waals surface area contributed by atoms with E-state index in [-0.39, 0.29) is 0 Å². The Hall–Kier alpha value is -2.53. The molecule has 0 fully saturated rings. The number of carbonyl (C=O) groups is 2. The SMILES string of the molecule is CCc1ccccc1NC(=O)C(=O)Nc1ccc(N)c(Cl)c1. The minimum Gasteiger partial charge on any atom is -0.398 e. The van der Waals surface area contributed by atoms with Crippen molar-refractivity contribution in [3.63, 3.8) is 0 Å². The van der Waals surface area contributed by atoms with Crippen LogP contribution in [-0.2, 0) is 16.0 Å². The van der Waals surface area contributed by atoms with Crippen LogP contribution in [0, 0.1) is 0 Å². The number of para-hydroxylation sites is 1. The fourth-order valence-corrected chi connectivity index (χ4v) is 2.10. The van der Waals surface area contributed by atoms with Gasteiger partial charge in [0.2, 0.25) is 0 Å². The maximum atomic E-state index is 12.0. The molecule has 0 bridgehead atoms. The van der Waals surface area contributed by atoms with Gasteiger partial charge in [0, 0.05) is 11.4 Å². The van der Waals surface area contributed by atoms with Gasteiger partial charge < -0.3 is 16.4 Å². The van der Waals surface area contributed by atoms with Gasteiger partial charge in [-0.1, -0.05) is 36.7 Å². The van der Waals surface area contributed by atoms with Crippen LogP contribution in [0.3, 0.4) is 0 Å². The van der Waals surface area contributed by atoms with Crippen molar-refractivity contribution in [1.82, 2.24) is 0 Å². The maximum absolute atomic E-state index is 12.0. The van der Waals surface area contributed by atoms with E-state index in [1.54, 1.807) is 24.3 Å². The minimum atomic E-state index is -0.772. The molecule has 0 spiro atoms. The number of anilines is 3. The molecule has 22 heavy (non-hydrogen) atoms. The van der Waals surface area contributed by atoms with Crippen LogP contribution in [0.4, 0.5) is 17.1 Å². The van der Waals surface area contributed by atoms with Gasteiger partial charge in [0.25, 0.3) is 0 Å². The van der Waals surface area contributed by atoms with Crippen molar-refractivity contribution in [3.05, 3.63) is 53.1 Å². The molecule has 0 aromatic heterocycles. The number of nitrogens with two attached hydrogens (primary N) is 1. The van der Waals surface area contributed by atoms with Gasteiger partial charge >= 0.3 is 11.8 Å². The molecule has 5 nitrogen and oxygen atoms in total. The van der Waals surface area contributed by atoms with Crippen LogP contribution in [0.1, 0.15) is 12.5 Å². The molecule has 2 rings (SSSR count). The molecule has 4 N–H and O–H groups in total. The number of hydrogen-bond acceptors (Lipinski definition) is 3. The van der Waals surface area contributed by atoms with Gasteiger partial charge in [-0.15, -0.1) is 0 Å². The van der Waals surface area contributed by atoms with Crippen molar-refractivity contribution in [2.45, 2.75) is 13.3 Å². The van der Waals surface area contributed by atoms with Crippen LogP contribution in [0.5, 0.6) is 0 Å². The molecule has 0 aliphatic carbocycles. The Kier molecular flexibility index (Phi) is 5.01. The number of aryl methyl sites for hydroxylation is 1. The normalized spacial score (nSPS) is 10.1. The predicted octanol–water partition coefficient (Wildman–Crippen LogP) is 3.06. The van der Waals surface area contributed by atoms with Gasteiger partial charge in [-0.3, -0.25) is 9.59 Å². The highest BCUT2D eigenvalue weighted by atomic mass is 35.5. The Morgan fingerprint density at radius 2 is 1.77 bits per heavy atom. The van der Waals surface area contributed by atoms with E-state index >= 15 is 0 Å². The average molecular weight is 318 g/mol. The van der Waals surface area contributed by atoms with Gasteiger partial charge in [0.15, 0.2) is 0 Å². The zero-order valence-electron chi connectivity index (χ0n) is 12.0. The van der Waals surface area contributed by atoms with E-state index in [4.69, 9.17) is 17.3 Å². The summed E-state index contributed by atoms with van der Waals surface area (Å²) in [4.78, 5) is 23.9. The summed E-state index contributed by atoms with van der Waals surface area (Å²) < 4.78 is 0. The molecule has 2 aromatic rings. The van der Waals surface area contributed by atoms with Crippen LogP contribution >= 0.6 is 11.6 Å².